The summed E-state index contributed by atoms with van der Waals surface area (Å²) in [5, 5.41) is 3.87. The zero-order valence-corrected chi connectivity index (χ0v) is 11.6. The van der Waals surface area contributed by atoms with Gasteiger partial charge in [0.05, 0.1) is 6.42 Å². The summed E-state index contributed by atoms with van der Waals surface area (Å²) in [5.41, 5.74) is 0.777. The van der Waals surface area contributed by atoms with Crippen LogP contribution in [0.4, 0.5) is 4.79 Å². The first-order valence-electron chi connectivity index (χ1n) is 6.35. The third-order valence-corrected chi connectivity index (χ3v) is 3.45. The van der Waals surface area contributed by atoms with E-state index >= 15 is 0 Å². The molecule has 8 nitrogen and oxygen atoms in total. The molecule has 1 unspecified atom stereocenters. The highest BCUT2D eigenvalue weighted by molar-refractivity contribution is 6.03. The molecule has 1 saturated heterocycles. The van der Waals surface area contributed by atoms with Gasteiger partial charge in [0.25, 0.3) is 5.91 Å². The summed E-state index contributed by atoms with van der Waals surface area (Å²) in [6.07, 6.45) is 3.46. The number of urea groups is 1. The van der Waals surface area contributed by atoms with Crippen molar-refractivity contribution in [3.8, 4) is 11.4 Å². The van der Waals surface area contributed by atoms with Crippen LogP contribution in [0.1, 0.15) is 5.89 Å². The Kier molecular flexibility index (Phi) is 3.13. The van der Waals surface area contributed by atoms with E-state index in [2.05, 4.69) is 15.1 Å². The number of carbonyl (C=O) groups is 2. The van der Waals surface area contributed by atoms with Crippen molar-refractivity contribution in [3.05, 3.63) is 30.4 Å². The van der Waals surface area contributed by atoms with Crippen LogP contribution >= 0.6 is 0 Å². The molecule has 0 saturated carbocycles. The molecule has 1 atom stereocenters. The predicted molar refractivity (Wildman–Crippen MR) is 71.0 cm³/mol. The van der Waals surface area contributed by atoms with Gasteiger partial charge >= 0.3 is 6.03 Å². The zero-order valence-electron chi connectivity index (χ0n) is 11.6. The molecule has 0 aliphatic carbocycles. The molecule has 1 aliphatic rings. The molecule has 1 fully saturated rings. The van der Waals surface area contributed by atoms with Crippen molar-refractivity contribution < 1.29 is 14.1 Å². The van der Waals surface area contributed by atoms with Crippen molar-refractivity contribution in [2.75, 3.05) is 14.1 Å². The molecule has 0 bridgehead atoms. The van der Waals surface area contributed by atoms with Gasteiger partial charge < -0.3 is 9.42 Å². The molecule has 108 valence electrons. The predicted octanol–water partition coefficient (Wildman–Crippen LogP) is 0.566. The number of amides is 3. The number of hydrogen-bond acceptors (Lipinski definition) is 6. The van der Waals surface area contributed by atoms with E-state index in [9.17, 15) is 9.59 Å². The lowest BCUT2D eigenvalue weighted by atomic mass is 10.2. The van der Waals surface area contributed by atoms with Crippen molar-refractivity contribution in [1.82, 2.24) is 24.9 Å². The number of hydrogen-bond donors (Lipinski definition) is 0. The second-order valence-electron chi connectivity index (χ2n) is 4.76. The van der Waals surface area contributed by atoms with Gasteiger partial charge in [-0.15, -0.1) is 0 Å². The smallest absolute Gasteiger partial charge is 0.326 e. The summed E-state index contributed by atoms with van der Waals surface area (Å²) < 4.78 is 5.16. The largest absolute Gasteiger partial charge is 0.339 e. The third-order valence-electron chi connectivity index (χ3n) is 3.45. The van der Waals surface area contributed by atoms with E-state index in [1.54, 1.807) is 31.6 Å². The normalized spacial score (nSPS) is 18.7. The van der Waals surface area contributed by atoms with Crippen LogP contribution in [0, 0.1) is 0 Å². The molecule has 2 aromatic heterocycles. The van der Waals surface area contributed by atoms with Crippen LogP contribution in [0.3, 0.4) is 0 Å². The minimum Gasteiger partial charge on any atom is -0.339 e. The van der Waals surface area contributed by atoms with Crippen LogP contribution in [-0.2, 0) is 11.2 Å². The fraction of sp³-hybridized carbons (Fsp3) is 0.308. The van der Waals surface area contributed by atoms with Crippen LogP contribution in [0.25, 0.3) is 11.4 Å². The first-order chi connectivity index (χ1) is 10.1. The molecule has 0 N–H and O–H groups in total. The van der Waals surface area contributed by atoms with Gasteiger partial charge in [-0.1, -0.05) is 5.16 Å². The van der Waals surface area contributed by atoms with Crippen molar-refractivity contribution in [2.45, 2.75) is 12.5 Å². The second kappa shape index (κ2) is 4.97. The molecule has 3 heterocycles. The van der Waals surface area contributed by atoms with Gasteiger partial charge in [0, 0.05) is 32.1 Å². The summed E-state index contributed by atoms with van der Waals surface area (Å²) >= 11 is 0. The Morgan fingerprint density at radius 2 is 1.95 bits per heavy atom. The number of nitrogens with zero attached hydrogens (tertiary/aromatic N) is 5. The Bertz CT molecular complexity index is 684. The summed E-state index contributed by atoms with van der Waals surface area (Å²) in [4.78, 5) is 34.3. The van der Waals surface area contributed by atoms with E-state index in [-0.39, 0.29) is 18.4 Å². The van der Waals surface area contributed by atoms with Crippen molar-refractivity contribution >= 4 is 11.9 Å². The van der Waals surface area contributed by atoms with Gasteiger partial charge in [0.1, 0.15) is 6.04 Å². The Morgan fingerprint density at radius 3 is 2.57 bits per heavy atom. The number of pyridine rings is 1. The van der Waals surface area contributed by atoms with E-state index in [0.29, 0.717) is 11.7 Å². The lowest BCUT2D eigenvalue weighted by Crippen LogP contribution is -2.33. The maximum absolute atomic E-state index is 12.0. The van der Waals surface area contributed by atoms with Gasteiger partial charge in [0.2, 0.25) is 11.7 Å². The lowest BCUT2D eigenvalue weighted by Gasteiger charge is -2.13. The van der Waals surface area contributed by atoms with Gasteiger partial charge in [-0.25, -0.2) is 4.79 Å². The molecular weight excluding hydrogens is 274 g/mol. The zero-order chi connectivity index (χ0) is 15.0. The number of aromatic nitrogens is 3. The van der Waals surface area contributed by atoms with E-state index < -0.39 is 6.04 Å². The van der Waals surface area contributed by atoms with Crippen LogP contribution in [0.15, 0.2) is 29.0 Å². The molecule has 21 heavy (non-hydrogen) atoms. The fourth-order valence-electron chi connectivity index (χ4n) is 2.20. The molecule has 8 heteroatoms. The SMILES string of the molecule is CN1C(=O)C(Cc2nc(-c3ccncc3)no2)N(C)C1=O. The van der Waals surface area contributed by atoms with E-state index in [0.717, 1.165) is 10.5 Å². The summed E-state index contributed by atoms with van der Waals surface area (Å²) in [5.74, 6) is 0.474. The fourth-order valence-corrected chi connectivity index (χ4v) is 2.20. The molecule has 0 radical (unpaired) electrons. The van der Waals surface area contributed by atoms with Gasteiger partial charge in [-0.2, -0.15) is 4.98 Å². The van der Waals surface area contributed by atoms with Crippen molar-refractivity contribution in [3.63, 3.8) is 0 Å². The molecule has 3 rings (SSSR count). The average molecular weight is 287 g/mol. The number of imide groups is 1. The summed E-state index contributed by atoms with van der Waals surface area (Å²) in [6, 6.07) is 2.59. The second-order valence-corrected chi connectivity index (χ2v) is 4.76. The van der Waals surface area contributed by atoms with E-state index in [1.807, 2.05) is 0 Å². The van der Waals surface area contributed by atoms with Crippen LogP contribution in [0.2, 0.25) is 0 Å². The third kappa shape index (κ3) is 2.24. The average Bonchev–Trinajstić information content (AvgIpc) is 3.05. The maximum atomic E-state index is 12.0. The molecule has 1 aliphatic heterocycles. The Morgan fingerprint density at radius 1 is 1.24 bits per heavy atom. The first kappa shape index (κ1) is 13.2. The molecule has 0 spiro atoms. The van der Waals surface area contributed by atoms with Crippen molar-refractivity contribution in [2.24, 2.45) is 0 Å². The van der Waals surface area contributed by atoms with Gasteiger partial charge in [-0.3, -0.25) is 14.7 Å². The quantitative estimate of drug-likeness (QED) is 0.766. The molecule has 0 aromatic carbocycles. The Hall–Kier alpha value is -2.77. The monoisotopic (exact) mass is 287 g/mol. The Labute approximate surface area is 120 Å². The first-order valence-corrected chi connectivity index (χ1v) is 6.35. The van der Waals surface area contributed by atoms with Crippen LogP contribution in [-0.4, -0.2) is 57.0 Å². The standard InChI is InChI=1S/C13H13N5O3/c1-17-9(12(19)18(2)13(17)20)7-10-15-11(16-21-10)8-3-5-14-6-4-8/h3-6,9H,7H2,1-2H3. The highest BCUT2D eigenvalue weighted by atomic mass is 16.5. The highest BCUT2D eigenvalue weighted by Crippen LogP contribution is 2.19. The minimum atomic E-state index is -0.603. The summed E-state index contributed by atoms with van der Waals surface area (Å²) in [7, 11) is 3.03. The maximum Gasteiger partial charge on any atom is 0.326 e. The molecule has 3 amide bonds. The highest BCUT2D eigenvalue weighted by Gasteiger charge is 2.41. The topological polar surface area (TPSA) is 92.4 Å². The lowest BCUT2D eigenvalue weighted by molar-refractivity contribution is -0.127. The number of rotatable bonds is 3. The number of carbonyl (C=O) groups excluding carboxylic acids is 2. The van der Waals surface area contributed by atoms with Crippen LogP contribution in [0.5, 0.6) is 0 Å². The van der Waals surface area contributed by atoms with E-state index in [4.69, 9.17) is 4.52 Å². The van der Waals surface area contributed by atoms with Crippen LogP contribution < -0.4 is 0 Å². The number of likely N-dealkylation sites (N-methyl/N-ethyl adjacent to an activating group) is 2. The van der Waals surface area contributed by atoms with Crippen molar-refractivity contribution in [1.29, 1.82) is 0 Å². The summed E-state index contributed by atoms with van der Waals surface area (Å²) in [6.45, 7) is 0. The van der Waals surface area contributed by atoms with Gasteiger partial charge in [-0.05, 0) is 12.1 Å². The van der Waals surface area contributed by atoms with E-state index in [1.165, 1.54) is 11.9 Å². The molecule has 2 aromatic rings. The Balaban J connectivity index is 1.79. The minimum absolute atomic E-state index is 0.198. The molecular formula is C13H13N5O3. The van der Waals surface area contributed by atoms with Gasteiger partial charge in [0.15, 0.2) is 0 Å².